The second-order valence-corrected chi connectivity index (χ2v) is 11.0. The van der Waals surface area contributed by atoms with Gasteiger partial charge in [-0.05, 0) is 71.8 Å². The van der Waals surface area contributed by atoms with Crippen molar-refractivity contribution in [3.8, 4) is 0 Å². The van der Waals surface area contributed by atoms with E-state index in [1.807, 2.05) is 12.1 Å². The van der Waals surface area contributed by atoms with Crippen LogP contribution in [0.15, 0.2) is 97.1 Å². The predicted molar refractivity (Wildman–Crippen MR) is 167 cm³/mol. The minimum Gasteiger partial charge on any atom is -0.378 e. The summed E-state index contributed by atoms with van der Waals surface area (Å²) >= 11 is 0. The van der Waals surface area contributed by atoms with Gasteiger partial charge in [0.15, 0.2) is 0 Å². The number of halogens is 2. The third kappa shape index (κ3) is 6.50. The van der Waals surface area contributed by atoms with Crippen molar-refractivity contribution in [1.29, 1.82) is 0 Å². The molecule has 234 valence electrons. The number of morpholine rings is 1. The lowest BCUT2D eigenvalue weighted by atomic mass is 10.0. The van der Waals surface area contributed by atoms with Crippen LogP contribution in [0.3, 0.4) is 0 Å². The number of nitrogens with one attached hydrogen (secondary N) is 1. The highest BCUT2D eigenvalue weighted by Gasteiger charge is 2.39. The average Bonchev–Trinajstić information content (AvgIpc) is 3.31. The Morgan fingerprint density at radius 2 is 1.57 bits per heavy atom. The summed E-state index contributed by atoms with van der Waals surface area (Å²) in [5, 5.41) is 2.85. The van der Waals surface area contributed by atoms with Gasteiger partial charge in [-0.2, -0.15) is 0 Å². The van der Waals surface area contributed by atoms with Gasteiger partial charge in [0, 0.05) is 31.0 Å². The van der Waals surface area contributed by atoms with Crippen molar-refractivity contribution in [3.05, 3.63) is 125 Å². The van der Waals surface area contributed by atoms with E-state index in [-0.39, 0.29) is 23.4 Å². The van der Waals surface area contributed by atoms with Crippen molar-refractivity contribution in [3.63, 3.8) is 0 Å². The van der Waals surface area contributed by atoms with E-state index in [1.54, 1.807) is 30.3 Å². The minimum absolute atomic E-state index is 0.172. The maximum Gasteiger partial charge on any atom is 0.299 e. The SMILES string of the molecule is O=C1C(=O)N(CC(=O)N(Cc2ccc(F)cc2)C(C(=O)Nc2ccc(N3CCOCC3)cc2)c2cccc(F)c2)c2ccccc21. The molecule has 9 nitrogen and oxygen atoms in total. The molecule has 2 aliphatic rings. The third-order valence-electron chi connectivity index (χ3n) is 7.99. The van der Waals surface area contributed by atoms with Gasteiger partial charge >= 0.3 is 0 Å². The molecule has 46 heavy (non-hydrogen) atoms. The molecule has 0 aliphatic carbocycles. The molecule has 1 unspecified atom stereocenters. The highest BCUT2D eigenvalue weighted by Crippen LogP contribution is 2.31. The number of amides is 3. The monoisotopic (exact) mass is 624 g/mol. The lowest BCUT2D eigenvalue weighted by Crippen LogP contribution is -2.46. The van der Waals surface area contributed by atoms with Crippen LogP contribution in [0, 0.1) is 11.6 Å². The first-order valence-corrected chi connectivity index (χ1v) is 14.8. The lowest BCUT2D eigenvalue weighted by Gasteiger charge is -2.33. The van der Waals surface area contributed by atoms with Crippen molar-refractivity contribution >= 4 is 40.6 Å². The van der Waals surface area contributed by atoms with Gasteiger partial charge in [-0.1, -0.05) is 36.4 Å². The van der Waals surface area contributed by atoms with E-state index >= 15 is 0 Å². The van der Waals surface area contributed by atoms with Crippen LogP contribution >= 0.6 is 0 Å². The molecule has 4 aromatic rings. The molecule has 1 atom stereocenters. The van der Waals surface area contributed by atoms with Crippen LogP contribution in [0.5, 0.6) is 0 Å². The van der Waals surface area contributed by atoms with Gasteiger partial charge in [0.25, 0.3) is 17.6 Å². The van der Waals surface area contributed by atoms with E-state index < -0.39 is 47.7 Å². The summed E-state index contributed by atoms with van der Waals surface area (Å²) < 4.78 is 33.8. The van der Waals surface area contributed by atoms with Gasteiger partial charge in [0.2, 0.25) is 5.91 Å². The number of hydrogen-bond donors (Lipinski definition) is 1. The maximum atomic E-state index is 14.6. The number of carbonyl (C=O) groups is 4. The number of anilines is 3. The molecule has 0 aromatic heterocycles. The number of rotatable bonds is 9. The largest absolute Gasteiger partial charge is 0.378 e. The van der Waals surface area contributed by atoms with Crippen molar-refractivity contribution in [1.82, 2.24) is 4.90 Å². The molecule has 2 heterocycles. The topological polar surface area (TPSA) is 99.3 Å². The van der Waals surface area contributed by atoms with Gasteiger partial charge < -0.3 is 19.9 Å². The van der Waals surface area contributed by atoms with Crippen LogP contribution in [0.25, 0.3) is 0 Å². The van der Waals surface area contributed by atoms with Crippen LogP contribution < -0.4 is 15.1 Å². The molecule has 1 fully saturated rings. The maximum absolute atomic E-state index is 14.6. The highest BCUT2D eigenvalue weighted by molar-refractivity contribution is 6.52. The summed E-state index contributed by atoms with van der Waals surface area (Å²) in [4.78, 5) is 58.3. The van der Waals surface area contributed by atoms with Crippen LogP contribution in [0.2, 0.25) is 0 Å². The zero-order chi connectivity index (χ0) is 32.2. The first kappa shape index (κ1) is 30.6. The smallest absolute Gasteiger partial charge is 0.299 e. The van der Waals surface area contributed by atoms with Crippen molar-refractivity contribution in [2.75, 3.05) is 48.0 Å². The molecule has 0 radical (unpaired) electrons. The Bertz CT molecular complexity index is 1770. The molecular weight excluding hydrogens is 594 g/mol. The molecule has 0 spiro atoms. The Balaban J connectivity index is 1.34. The van der Waals surface area contributed by atoms with E-state index in [9.17, 15) is 28.0 Å². The summed E-state index contributed by atoms with van der Waals surface area (Å²) in [5.74, 6) is -4.04. The standard InChI is InChI=1S/C35H30F2N4O5/c36-25-10-8-23(9-11-25)21-41(31(42)22-40-30-7-2-1-6-29(30)33(43)35(40)45)32(24-4-3-5-26(37)20-24)34(44)38-27-12-14-28(15-13-27)39-16-18-46-19-17-39/h1-15,20,32H,16-19,21-22H2,(H,38,44). The van der Waals surface area contributed by atoms with E-state index in [0.29, 0.717) is 24.5 Å². The minimum atomic E-state index is -1.36. The van der Waals surface area contributed by atoms with E-state index in [0.717, 1.165) is 29.7 Å². The molecule has 6 rings (SSSR count). The highest BCUT2D eigenvalue weighted by atomic mass is 19.1. The number of fused-ring (bicyclic) bond motifs is 1. The summed E-state index contributed by atoms with van der Waals surface area (Å²) in [7, 11) is 0. The van der Waals surface area contributed by atoms with E-state index in [1.165, 1.54) is 53.4 Å². The van der Waals surface area contributed by atoms with Crippen LogP contribution in [-0.2, 0) is 25.7 Å². The van der Waals surface area contributed by atoms with Crippen LogP contribution in [0.1, 0.15) is 27.5 Å². The number of carbonyl (C=O) groups excluding carboxylic acids is 4. The fourth-order valence-corrected chi connectivity index (χ4v) is 5.68. The Kier molecular flexibility index (Phi) is 8.84. The second-order valence-electron chi connectivity index (χ2n) is 11.0. The number of Topliss-reactive ketones (excluding diaryl/α,β-unsaturated/α-hetero) is 1. The van der Waals surface area contributed by atoms with Gasteiger partial charge in [-0.3, -0.25) is 24.1 Å². The second kappa shape index (κ2) is 13.3. The predicted octanol–water partition coefficient (Wildman–Crippen LogP) is 4.74. The fourth-order valence-electron chi connectivity index (χ4n) is 5.68. The molecule has 4 aromatic carbocycles. The summed E-state index contributed by atoms with van der Waals surface area (Å²) in [5.41, 5.74) is 2.53. The zero-order valence-corrected chi connectivity index (χ0v) is 24.7. The fraction of sp³-hybridized carbons (Fsp3) is 0.200. The van der Waals surface area contributed by atoms with Gasteiger partial charge in [0.1, 0.15) is 24.2 Å². The Morgan fingerprint density at radius 1 is 0.848 bits per heavy atom. The van der Waals surface area contributed by atoms with Gasteiger partial charge in [0.05, 0.1) is 24.5 Å². The molecule has 11 heteroatoms. The first-order valence-electron chi connectivity index (χ1n) is 14.8. The molecule has 2 aliphatic heterocycles. The van der Waals surface area contributed by atoms with Crippen molar-refractivity contribution < 1.29 is 32.7 Å². The number of nitrogens with zero attached hydrogens (tertiary/aromatic N) is 3. The summed E-state index contributed by atoms with van der Waals surface area (Å²) in [6.45, 7) is 1.98. The number of ketones is 1. The van der Waals surface area contributed by atoms with Crippen LogP contribution in [-0.4, -0.2) is 61.3 Å². The normalized spacial score (nSPS) is 15.0. The Hall–Kier alpha value is -5.42. The van der Waals surface area contributed by atoms with Crippen molar-refractivity contribution in [2.45, 2.75) is 12.6 Å². The number of benzene rings is 4. The Labute approximate surface area is 264 Å². The zero-order valence-electron chi connectivity index (χ0n) is 24.7. The number of para-hydroxylation sites is 1. The van der Waals surface area contributed by atoms with E-state index in [2.05, 4.69) is 10.2 Å². The van der Waals surface area contributed by atoms with Crippen LogP contribution in [0.4, 0.5) is 25.8 Å². The average molecular weight is 625 g/mol. The summed E-state index contributed by atoms with van der Waals surface area (Å²) in [6.07, 6.45) is 0. The molecule has 1 saturated heterocycles. The first-order chi connectivity index (χ1) is 22.3. The molecule has 0 bridgehead atoms. The van der Waals surface area contributed by atoms with E-state index in [4.69, 9.17) is 4.74 Å². The molecule has 1 N–H and O–H groups in total. The number of ether oxygens (including phenoxy) is 1. The lowest BCUT2D eigenvalue weighted by molar-refractivity contribution is -0.139. The quantitative estimate of drug-likeness (QED) is 0.270. The van der Waals surface area contributed by atoms with Gasteiger partial charge in [-0.25, -0.2) is 8.78 Å². The summed E-state index contributed by atoms with van der Waals surface area (Å²) in [6, 6.07) is 22.9. The molecule has 0 saturated carbocycles. The molecular formula is C35H30F2N4O5. The Morgan fingerprint density at radius 3 is 2.28 bits per heavy atom. The van der Waals surface area contributed by atoms with Crippen molar-refractivity contribution in [2.24, 2.45) is 0 Å². The van der Waals surface area contributed by atoms with Gasteiger partial charge in [-0.15, -0.1) is 0 Å². The number of hydrogen-bond acceptors (Lipinski definition) is 6. The molecule has 3 amide bonds. The third-order valence-corrected chi connectivity index (χ3v) is 7.99.